The van der Waals surface area contributed by atoms with Crippen molar-refractivity contribution in [2.24, 2.45) is 5.92 Å². The highest BCUT2D eigenvalue weighted by molar-refractivity contribution is 5.91. The van der Waals surface area contributed by atoms with Gasteiger partial charge in [0.05, 0.1) is 32.0 Å². The largest absolute Gasteiger partial charge is 0.488 e. The molecule has 1 saturated carbocycles. The van der Waals surface area contributed by atoms with Crippen molar-refractivity contribution >= 4 is 23.5 Å². The molecule has 1 aromatic rings. The van der Waals surface area contributed by atoms with E-state index in [1.165, 1.54) is 18.6 Å². The fraction of sp³-hybridized carbons (Fsp3) is 0.679. The van der Waals surface area contributed by atoms with Crippen molar-refractivity contribution in [2.45, 2.75) is 89.6 Å². The van der Waals surface area contributed by atoms with Crippen LogP contribution in [0.3, 0.4) is 0 Å². The lowest BCUT2D eigenvalue weighted by atomic mass is 9.96. The molecule has 1 aliphatic carbocycles. The zero-order valence-corrected chi connectivity index (χ0v) is 23.4. The van der Waals surface area contributed by atoms with E-state index in [0.29, 0.717) is 17.9 Å². The third-order valence-corrected chi connectivity index (χ3v) is 7.57. The van der Waals surface area contributed by atoms with Crippen molar-refractivity contribution in [3.05, 3.63) is 23.8 Å². The smallest absolute Gasteiger partial charge is 0.389 e. The Kier molecular flexibility index (Phi) is 11.1. The van der Waals surface area contributed by atoms with Crippen molar-refractivity contribution in [3.63, 3.8) is 0 Å². The van der Waals surface area contributed by atoms with Gasteiger partial charge in [0.1, 0.15) is 11.9 Å². The summed E-state index contributed by atoms with van der Waals surface area (Å²) in [5.74, 6) is -0.878. The Bertz CT molecular complexity index is 1030. The number of likely N-dealkylation sites (N-methyl/N-ethyl adjacent to an activating group) is 1. The Hall–Kier alpha value is -3.02. The van der Waals surface area contributed by atoms with Gasteiger partial charge in [0.25, 0.3) is 0 Å². The van der Waals surface area contributed by atoms with Crippen LogP contribution in [0.2, 0.25) is 0 Å². The number of urea groups is 1. The summed E-state index contributed by atoms with van der Waals surface area (Å²) in [5, 5.41) is 15.4. The van der Waals surface area contributed by atoms with Gasteiger partial charge in [0.15, 0.2) is 0 Å². The van der Waals surface area contributed by atoms with E-state index >= 15 is 0 Å². The Labute approximate surface area is 233 Å². The van der Waals surface area contributed by atoms with Gasteiger partial charge in [-0.3, -0.25) is 9.59 Å². The van der Waals surface area contributed by atoms with Crippen molar-refractivity contribution in [1.29, 1.82) is 0 Å². The van der Waals surface area contributed by atoms with Gasteiger partial charge >= 0.3 is 12.2 Å². The molecule has 1 fully saturated rings. The summed E-state index contributed by atoms with van der Waals surface area (Å²) >= 11 is 0. The summed E-state index contributed by atoms with van der Waals surface area (Å²) in [7, 11) is 1.70. The van der Waals surface area contributed by atoms with Crippen molar-refractivity contribution in [2.75, 3.05) is 32.1 Å². The standard InChI is InChI=1S/C28H41F3N4O5/c1-18-15-35(19(2)17-36)26(38)14-20-13-22(32-25(37)11-12-28(29,30)31)9-10-23(20)40-24(18)16-34(3)27(39)33-21-7-5-4-6-8-21/h9-10,13,18-19,21,24,36H,4-8,11-12,14-17H2,1-3H3,(H,32,37)(H,33,39)/t18-,19+,24-/m0/s1. The number of alkyl halides is 3. The second kappa shape index (κ2) is 14.0. The zero-order valence-electron chi connectivity index (χ0n) is 23.4. The van der Waals surface area contributed by atoms with Gasteiger partial charge in [-0.2, -0.15) is 13.2 Å². The predicted molar refractivity (Wildman–Crippen MR) is 144 cm³/mol. The number of nitrogens with zero attached hydrogens (tertiary/aromatic N) is 2. The van der Waals surface area contributed by atoms with Gasteiger partial charge < -0.3 is 30.3 Å². The third-order valence-electron chi connectivity index (χ3n) is 7.57. The number of rotatable bonds is 8. The number of aliphatic hydroxyl groups is 1. The number of aliphatic hydroxyl groups excluding tert-OH is 1. The first-order valence-corrected chi connectivity index (χ1v) is 13.9. The minimum absolute atomic E-state index is 0.0939. The van der Waals surface area contributed by atoms with Crippen LogP contribution in [-0.2, 0) is 16.0 Å². The van der Waals surface area contributed by atoms with Gasteiger partial charge in [0.2, 0.25) is 11.8 Å². The SMILES string of the molecule is C[C@H](CO)N1C[C@H](C)[C@H](CN(C)C(=O)NC2CCCCC2)Oc2ccc(NC(=O)CCC(F)(F)F)cc2CC1=O. The molecule has 3 atom stereocenters. The molecular formula is C28H41F3N4O5. The first-order chi connectivity index (χ1) is 18.9. The third kappa shape index (κ3) is 9.28. The number of hydrogen-bond donors (Lipinski definition) is 3. The summed E-state index contributed by atoms with van der Waals surface area (Å²) in [6.45, 7) is 3.95. The van der Waals surface area contributed by atoms with Crippen LogP contribution < -0.4 is 15.4 Å². The van der Waals surface area contributed by atoms with Crippen LogP contribution in [0.5, 0.6) is 5.75 Å². The second-order valence-electron chi connectivity index (χ2n) is 11.0. The minimum atomic E-state index is -4.44. The number of fused-ring (bicyclic) bond motifs is 1. The molecule has 0 radical (unpaired) electrons. The minimum Gasteiger partial charge on any atom is -0.488 e. The number of halogens is 3. The lowest BCUT2D eigenvalue weighted by molar-refractivity contribution is -0.142. The van der Waals surface area contributed by atoms with Crippen LogP contribution in [0.4, 0.5) is 23.7 Å². The van der Waals surface area contributed by atoms with E-state index in [1.54, 1.807) is 29.8 Å². The lowest BCUT2D eigenvalue weighted by Crippen LogP contribution is -2.50. The Balaban J connectivity index is 1.81. The van der Waals surface area contributed by atoms with Crippen molar-refractivity contribution < 1.29 is 37.4 Å². The molecule has 12 heteroatoms. The van der Waals surface area contributed by atoms with Crippen LogP contribution in [0.25, 0.3) is 0 Å². The number of hydrogen-bond acceptors (Lipinski definition) is 5. The number of carbonyl (C=O) groups is 3. The van der Waals surface area contributed by atoms with E-state index in [4.69, 9.17) is 4.74 Å². The van der Waals surface area contributed by atoms with Gasteiger partial charge in [-0.05, 0) is 38.0 Å². The normalized spacial score (nSPS) is 21.3. The maximum absolute atomic E-state index is 13.3. The van der Waals surface area contributed by atoms with Gasteiger partial charge in [-0.15, -0.1) is 0 Å². The van der Waals surface area contributed by atoms with Crippen LogP contribution in [0.15, 0.2) is 18.2 Å². The zero-order chi connectivity index (χ0) is 29.4. The van der Waals surface area contributed by atoms with E-state index in [1.807, 2.05) is 6.92 Å². The molecule has 3 N–H and O–H groups in total. The summed E-state index contributed by atoms with van der Waals surface area (Å²) in [5.41, 5.74) is 0.694. The second-order valence-corrected chi connectivity index (χ2v) is 11.0. The molecule has 0 unspecified atom stereocenters. The molecule has 9 nitrogen and oxygen atoms in total. The molecule has 0 aromatic heterocycles. The number of anilines is 1. The molecule has 1 heterocycles. The van der Waals surface area contributed by atoms with Gasteiger partial charge in [0, 0.05) is 43.2 Å². The number of carbonyl (C=O) groups excluding carboxylic acids is 3. The molecule has 1 aliphatic heterocycles. The maximum atomic E-state index is 13.3. The monoisotopic (exact) mass is 570 g/mol. The van der Waals surface area contributed by atoms with E-state index in [9.17, 15) is 32.7 Å². The molecule has 0 saturated heterocycles. The van der Waals surface area contributed by atoms with Crippen molar-refractivity contribution in [1.82, 2.24) is 15.1 Å². The van der Waals surface area contributed by atoms with Crippen LogP contribution in [0, 0.1) is 5.92 Å². The summed E-state index contributed by atoms with van der Waals surface area (Å²) in [6, 6.07) is 4.10. The Morgan fingerprint density at radius 1 is 1.23 bits per heavy atom. The number of amides is 4. The topological polar surface area (TPSA) is 111 Å². The summed E-state index contributed by atoms with van der Waals surface area (Å²) in [4.78, 5) is 41.5. The van der Waals surface area contributed by atoms with Gasteiger partial charge in [-0.25, -0.2) is 4.79 Å². The van der Waals surface area contributed by atoms with Crippen LogP contribution in [0.1, 0.15) is 64.4 Å². The summed E-state index contributed by atoms with van der Waals surface area (Å²) < 4.78 is 43.9. The summed E-state index contributed by atoms with van der Waals surface area (Å²) in [6.07, 6.45) is -1.74. The fourth-order valence-electron chi connectivity index (χ4n) is 5.09. The van der Waals surface area contributed by atoms with E-state index in [-0.39, 0.29) is 49.2 Å². The highest BCUT2D eigenvalue weighted by atomic mass is 19.4. The maximum Gasteiger partial charge on any atom is 0.389 e. The van der Waals surface area contributed by atoms with Crippen LogP contribution in [-0.4, -0.2) is 83.9 Å². The van der Waals surface area contributed by atoms with Crippen LogP contribution >= 0.6 is 0 Å². The van der Waals surface area contributed by atoms with Crippen molar-refractivity contribution in [3.8, 4) is 5.75 Å². The van der Waals surface area contributed by atoms with E-state index in [2.05, 4.69) is 10.6 Å². The lowest BCUT2D eigenvalue weighted by Gasteiger charge is -2.34. The molecule has 40 heavy (non-hydrogen) atoms. The fourth-order valence-corrected chi connectivity index (χ4v) is 5.09. The Morgan fingerprint density at radius 2 is 1.93 bits per heavy atom. The molecule has 224 valence electrons. The number of benzene rings is 1. The highest BCUT2D eigenvalue weighted by Gasteiger charge is 2.32. The molecule has 1 aromatic carbocycles. The first kappa shape index (κ1) is 31.5. The number of ether oxygens (including phenoxy) is 1. The molecule has 2 aliphatic rings. The first-order valence-electron chi connectivity index (χ1n) is 13.9. The van der Waals surface area contributed by atoms with E-state index in [0.717, 1.165) is 25.7 Å². The molecular weight excluding hydrogens is 529 g/mol. The average Bonchev–Trinajstić information content (AvgIpc) is 2.94. The predicted octanol–water partition coefficient (Wildman–Crippen LogP) is 4.09. The molecule has 0 bridgehead atoms. The molecule has 4 amide bonds. The highest BCUT2D eigenvalue weighted by Crippen LogP contribution is 2.30. The molecule has 0 spiro atoms. The quantitative estimate of drug-likeness (QED) is 0.436. The average molecular weight is 571 g/mol. The van der Waals surface area contributed by atoms with Gasteiger partial charge in [-0.1, -0.05) is 26.2 Å². The number of nitrogens with one attached hydrogen (secondary N) is 2. The molecule has 3 rings (SSSR count). The Morgan fingerprint density at radius 3 is 2.58 bits per heavy atom. The van der Waals surface area contributed by atoms with E-state index < -0.39 is 37.1 Å².